The summed E-state index contributed by atoms with van der Waals surface area (Å²) in [5, 5.41) is 2.85. The fourth-order valence-corrected chi connectivity index (χ4v) is 2.11. The Morgan fingerprint density at radius 1 is 1.42 bits per heavy atom. The molecule has 0 aromatic heterocycles. The van der Waals surface area contributed by atoms with Crippen LogP contribution in [0.1, 0.15) is 26.7 Å². The zero-order valence-corrected chi connectivity index (χ0v) is 11.9. The molecule has 1 aliphatic heterocycles. The molecule has 0 aromatic rings. The third-order valence-corrected chi connectivity index (χ3v) is 3.13. The highest BCUT2D eigenvalue weighted by atomic mass is 16.5. The molecule has 1 N–H and O–H groups in total. The van der Waals surface area contributed by atoms with E-state index in [9.17, 15) is 9.59 Å². The minimum Gasteiger partial charge on any atom is -0.375 e. The maximum absolute atomic E-state index is 11.9. The minimum absolute atomic E-state index is 0.0184. The first-order valence-corrected chi connectivity index (χ1v) is 6.76. The van der Waals surface area contributed by atoms with Crippen LogP contribution in [0.2, 0.25) is 0 Å². The van der Waals surface area contributed by atoms with E-state index in [4.69, 9.17) is 4.74 Å². The van der Waals surface area contributed by atoms with Crippen molar-refractivity contribution in [2.45, 2.75) is 26.7 Å². The van der Waals surface area contributed by atoms with Gasteiger partial charge in [0.25, 0.3) is 0 Å². The first-order chi connectivity index (χ1) is 9.00. The van der Waals surface area contributed by atoms with Crippen LogP contribution in [0.15, 0.2) is 12.2 Å². The quantitative estimate of drug-likeness (QED) is 0.576. The second kappa shape index (κ2) is 7.94. The molecule has 1 aliphatic rings. The molecule has 0 aromatic carbocycles. The Hall–Kier alpha value is -1.36. The van der Waals surface area contributed by atoms with Crippen molar-refractivity contribution >= 4 is 11.8 Å². The molecule has 0 radical (unpaired) electrons. The van der Waals surface area contributed by atoms with E-state index in [0.717, 1.165) is 25.0 Å². The number of rotatable bonds is 6. The Labute approximate surface area is 115 Å². The highest BCUT2D eigenvalue weighted by Gasteiger charge is 2.26. The predicted octanol–water partition coefficient (Wildman–Crippen LogP) is 0.954. The van der Waals surface area contributed by atoms with Crippen LogP contribution in [-0.2, 0) is 14.3 Å². The number of carbonyl (C=O) groups excluding carboxylic acids is 2. The molecule has 1 rings (SSSR count). The van der Waals surface area contributed by atoms with Crippen molar-refractivity contribution in [3.05, 3.63) is 12.2 Å². The van der Waals surface area contributed by atoms with Gasteiger partial charge in [-0.15, -0.1) is 0 Å². The summed E-state index contributed by atoms with van der Waals surface area (Å²) in [4.78, 5) is 25.0. The number of hydrogen-bond donors (Lipinski definition) is 1. The highest BCUT2D eigenvalue weighted by molar-refractivity contribution is 5.80. The van der Waals surface area contributed by atoms with E-state index in [1.807, 2.05) is 6.92 Å². The van der Waals surface area contributed by atoms with Gasteiger partial charge in [0.15, 0.2) is 0 Å². The van der Waals surface area contributed by atoms with Crippen LogP contribution in [0, 0.1) is 5.92 Å². The molecule has 0 bridgehead atoms. The zero-order valence-electron chi connectivity index (χ0n) is 11.9. The number of carbonyl (C=O) groups is 2. The van der Waals surface area contributed by atoms with Crippen LogP contribution in [0.3, 0.4) is 0 Å². The van der Waals surface area contributed by atoms with Crippen molar-refractivity contribution < 1.29 is 14.3 Å². The summed E-state index contributed by atoms with van der Waals surface area (Å²) in [6, 6.07) is 0. The number of amides is 2. The van der Waals surface area contributed by atoms with Gasteiger partial charge in [0.1, 0.15) is 0 Å². The van der Waals surface area contributed by atoms with Crippen molar-refractivity contribution in [3.63, 3.8) is 0 Å². The van der Waals surface area contributed by atoms with Gasteiger partial charge in [0.2, 0.25) is 11.8 Å². The molecule has 19 heavy (non-hydrogen) atoms. The van der Waals surface area contributed by atoms with Crippen LogP contribution in [0.25, 0.3) is 0 Å². The topological polar surface area (TPSA) is 58.6 Å². The molecule has 1 saturated heterocycles. The molecule has 5 heteroatoms. The summed E-state index contributed by atoms with van der Waals surface area (Å²) in [5.74, 6) is -0.0223. The van der Waals surface area contributed by atoms with Crippen molar-refractivity contribution in [2.75, 3.05) is 32.8 Å². The monoisotopic (exact) mass is 268 g/mol. The van der Waals surface area contributed by atoms with Crippen molar-refractivity contribution in [1.82, 2.24) is 10.2 Å². The SMILES string of the molecule is C=C(C)COCCNC(=O)C1CCCN(C(C)=O)C1. The molecule has 108 valence electrons. The molecule has 0 saturated carbocycles. The van der Waals surface area contributed by atoms with E-state index >= 15 is 0 Å². The van der Waals surface area contributed by atoms with Gasteiger partial charge >= 0.3 is 0 Å². The fraction of sp³-hybridized carbons (Fsp3) is 0.714. The number of piperidine rings is 1. The van der Waals surface area contributed by atoms with Crippen LogP contribution in [-0.4, -0.2) is 49.6 Å². The molecule has 1 atom stereocenters. The number of nitrogens with zero attached hydrogens (tertiary/aromatic N) is 1. The Kier molecular flexibility index (Phi) is 6.56. The van der Waals surface area contributed by atoms with E-state index in [2.05, 4.69) is 11.9 Å². The smallest absolute Gasteiger partial charge is 0.224 e. The Morgan fingerprint density at radius 2 is 2.16 bits per heavy atom. The summed E-state index contributed by atoms with van der Waals surface area (Å²) in [6.07, 6.45) is 1.74. The van der Waals surface area contributed by atoms with Gasteiger partial charge in [-0.05, 0) is 19.8 Å². The molecular weight excluding hydrogens is 244 g/mol. The molecule has 0 spiro atoms. The van der Waals surface area contributed by atoms with E-state index in [1.165, 1.54) is 0 Å². The van der Waals surface area contributed by atoms with Gasteiger partial charge in [-0.2, -0.15) is 0 Å². The summed E-state index contributed by atoms with van der Waals surface area (Å²) in [6.45, 7) is 10.00. The van der Waals surface area contributed by atoms with Gasteiger partial charge in [0, 0.05) is 26.6 Å². The third kappa shape index (κ3) is 5.87. The Morgan fingerprint density at radius 3 is 2.79 bits per heavy atom. The normalized spacial score (nSPS) is 19.1. The lowest BCUT2D eigenvalue weighted by atomic mass is 9.97. The van der Waals surface area contributed by atoms with Gasteiger partial charge in [-0.1, -0.05) is 12.2 Å². The van der Waals surface area contributed by atoms with Crippen LogP contribution in [0.5, 0.6) is 0 Å². The van der Waals surface area contributed by atoms with E-state index < -0.39 is 0 Å². The number of hydrogen-bond acceptors (Lipinski definition) is 3. The van der Waals surface area contributed by atoms with Gasteiger partial charge in [-0.25, -0.2) is 0 Å². The average Bonchev–Trinajstić information content (AvgIpc) is 2.37. The number of ether oxygens (including phenoxy) is 1. The predicted molar refractivity (Wildman–Crippen MR) is 73.6 cm³/mol. The van der Waals surface area contributed by atoms with Gasteiger partial charge < -0.3 is 15.0 Å². The van der Waals surface area contributed by atoms with Gasteiger partial charge in [-0.3, -0.25) is 9.59 Å². The first-order valence-electron chi connectivity index (χ1n) is 6.76. The highest BCUT2D eigenvalue weighted by Crippen LogP contribution is 2.16. The standard InChI is InChI=1S/C14H24N2O3/c1-11(2)10-19-8-6-15-14(18)13-5-4-7-16(9-13)12(3)17/h13H,1,4-10H2,2-3H3,(H,15,18). The Bertz CT molecular complexity index is 342. The molecule has 1 heterocycles. The van der Waals surface area contributed by atoms with Crippen LogP contribution in [0.4, 0.5) is 0 Å². The summed E-state index contributed by atoms with van der Waals surface area (Å²) >= 11 is 0. The largest absolute Gasteiger partial charge is 0.375 e. The molecule has 5 nitrogen and oxygen atoms in total. The minimum atomic E-state index is -0.0845. The van der Waals surface area contributed by atoms with Crippen molar-refractivity contribution in [1.29, 1.82) is 0 Å². The second-order valence-corrected chi connectivity index (χ2v) is 5.10. The maximum Gasteiger partial charge on any atom is 0.224 e. The Balaban J connectivity index is 2.21. The fourth-order valence-electron chi connectivity index (χ4n) is 2.11. The lowest BCUT2D eigenvalue weighted by Gasteiger charge is -2.31. The molecule has 2 amide bonds. The van der Waals surface area contributed by atoms with E-state index in [-0.39, 0.29) is 17.7 Å². The lowest BCUT2D eigenvalue weighted by Crippen LogP contribution is -2.45. The first kappa shape index (κ1) is 15.7. The van der Waals surface area contributed by atoms with Crippen molar-refractivity contribution in [3.8, 4) is 0 Å². The molecule has 1 fully saturated rings. The molecule has 1 unspecified atom stereocenters. The zero-order chi connectivity index (χ0) is 14.3. The molecule has 0 aliphatic carbocycles. The third-order valence-electron chi connectivity index (χ3n) is 3.13. The van der Waals surface area contributed by atoms with E-state index in [1.54, 1.807) is 11.8 Å². The maximum atomic E-state index is 11.9. The van der Waals surface area contributed by atoms with Crippen LogP contribution < -0.4 is 5.32 Å². The summed E-state index contributed by atoms with van der Waals surface area (Å²) in [7, 11) is 0. The van der Waals surface area contributed by atoms with E-state index in [0.29, 0.717) is 26.3 Å². The van der Waals surface area contributed by atoms with Gasteiger partial charge in [0.05, 0.1) is 19.1 Å². The molecular formula is C14H24N2O3. The van der Waals surface area contributed by atoms with Crippen LogP contribution >= 0.6 is 0 Å². The average molecular weight is 268 g/mol. The lowest BCUT2D eigenvalue weighted by molar-refractivity contribution is -0.134. The number of likely N-dealkylation sites (tertiary alicyclic amines) is 1. The number of nitrogens with one attached hydrogen (secondary N) is 1. The second-order valence-electron chi connectivity index (χ2n) is 5.10. The summed E-state index contributed by atoms with van der Waals surface area (Å²) < 4.78 is 5.31. The van der Waals surface area contributed by atoms with Crippen molar-refractivity contribution in [2.24, 2.45) is 5.92 Å². The summed E-state index contributed by atoms with van der Waals surface area (Å²) in [5.41, 5.74) is 0.968.